The van der Waals surface area contributed by atoms with E-state index in [2.05, 4.69) is 11.9 Å². The lowest BCUT2D eigenvalue weighted by molar-refractivity contribution is -0.142. The van der Waals surface area contributed by atoms with Crippen molar-refractivity contribution in [3.8, 4) is 0 Å². The topological polar surface area (TPSA) is 103 Å². The first kappa shape index (κ1) is 24.1. The van der Waals surface area contributed by atoms with Gasteiger partial charge in [0.2, 0.25) is 5.78 Å². The van der Waals surface area contributed by atoms with Crippen LogP contribution in [0, 0.1) is 13.8 Å². The summed E-state index contributed by atoms with van der Waals surface area (Å²) in [5, 5.41) is 0. The molecular weight excluding hydrogens is 398 g/mol. The Kier molecular flexibility index (Phi) is 8.73. The molecule has 0 saturated carbocycles. The third-order valence-electron chi connectivity index (χ3n) is 4.87. The lowest BCUT2D eigenvalue weighted by Gasteiger charge is -2.07. The fourth-order valence-corrected chi connectivity index (χ4v) is 3.38. The van der Waals surface area contributed by atoms with Crippen molar-refractivity contribution in [2.24, 2.45) is 0 Å². The van der Waals surface area contributed by atoms with Gasteiger partial charge in [0.1, 0.15) is 0 Å². The van der Waals surface area contributed by atoms with E-state index in [0.29, 0.717) is 17.0 Å². The number of ketones is 2. The van der Waals surface area contributed by atoms with Crippen LogP contribution in [0.4, 0.5) is 0 Å². The number of Topliss-reactive ketones (excluding diaryl/α,β-unsaturated/α-hetero) is 2. The van der Waals surface area contributed by atoms with Gasteiger partial charge in [0.15, 0.2) is 12.4 Å². The van der Waals surface area contributed by atoms with Crippen LogP contribution in [0.25, 0.3) is 0 Å². The van der Waals surface area contributed by atoms with Crippen molar-refractivity contribution in [1.29, 1.82) is 0 Å². The van der Waals surface area contributed by atoms with Crippen molar-refractivity contribution in [2.75, 3.05) is 13.2 Å². The number of aromatic nitrogens is 1. The summed E-state index contributed by atoms with van der Waals surface area (Å²) >= 11 is 0. The van der Waals surface area contributed by atoms with Crippen LogP contribution in [0.5, 0.6) is 0 Å². The van der Waals surface area contributed by atoms with E-state index in [1.165, 1.54) is 0 Å². The van der Waals surface area contributed by atoms with Crippen LogP contribution in [-0.2, 0) is 20.7 Å². The zero-order valence-corrected chi connectivity index (χ0v) is 18.5. The summed E-state index contributed by atoms with van der Waals surface area (Å²) in [5.74, 6) is -1.91. The number of rotatable bonds is 11. The second-order valence-electron chi connectivity index (χ2n) is 7.30. The maximum absolute atomic E-state index is 12.6. The molecule has 0 bridgehead atoms. The highest BCUT2D eigenvalue weighted by Gasteiger charge is 2.26. The molecule has 1 heterocycles. The zero-order valence-electron chi connectivity index (χ0n) is 18.5. The van der Waals surface area contributed by atoms with Crippen molar-refractivity contribution in [3.05, 3.63) is 57.9 Å². The van der Waals surface area contributed by atoms with Crippen molar-refractivity contribution in [2.45, 2.75) is 53.4 Å². The van der Waals surface area contributed by atoms with Crippen LogP contribution in [0.15, 0.2) is 24.3 Å². The first-order valence-corrected chi connectivity index (χ1v) is 10.5. The second kappa shape index (κ2) is 11.2. The molecule has 7 heteroatoms. The van der Waals surface area contributed by atoms with Gasteiger partial charge in [0.05, 0.1) is 24.2 Å². The van der Waals surface area contributed by atoms with Crippen LogP contribution < -0.4 is 0 Å². The van der Waals surface area contributed by atoms with Gasteiger partial charge in [-0.2, -0.15) is 0 Å². The molecule has 31 heavy (non-hydrogen) atoms. The number of carbonyl (C=O) groups is 4. The number of hydrogen-bond donors (Lipinski definition) is 1. The summed E-state index contributed by atoms with van der Waals surface area (Å²) < 4.78 is 10.1. The molecule has 0 spiro atoms. The van der Waals surface area contributed by atoms with Crippen molar-refractivity contribution >= 4 is 23.5 Å². The molecule has 0 radical (unpaired) electrons. The number of aromatic amines is 1. The van der Waals surface area contributed by atoms with Gasteiger partial charge in [-0.05, 0) is 32.8 Å². The van der Waals surface area contributed by atoms with Crippen LogP contribution in [-0.4, -0.2) is 41.7 Å². The Bertz CT molecular complexity index is 955. The molecule has 166 valence electrons. The third-order valence-corrected chi connectivity index (χ3v) is 4.87. The number of nitrogens with one attached hydrogen (secondary N) is 1. The van der Waals surface area contributed by atoms with Crippen molar-refractivity contribution < 1.29 is 28.7 Å². The molecule has 0 fully saturated rings. The first-order chi connectivity index (χ1) is 14.8. The molecule has 1 aromatic heterocycles. The molecule has 0 unspecified atom stereocenters. The number of ether oxygens (including phenoxy) is 2. The molecule has 0 aliphatic rings. The predicted octanol–water partition coefficient (Wildman–Crippen LogP) is 4.15. The minimum atomic E-state index is -0.646. The summed E-state index contributed by atoms with van der Waals surface area (Å²) in [6, 6.07) is 7.35. The monoisotopic (exact) mass is 427 g/mol. The number of H-pyrrole nitrogens is 1. The highest BCUT2D eigenvalue weighted by molar-refractivity contribution is 6.09. The molecule has 1 N–H and O–H groups in total. The van der Waals surface area contributed by atoms with Gasteiger partial charge in [-0.15, -0.1) is 0 Å². The third kappa shape index (κ3) is 6.38. The average Bonchev–Trinajstić information content (AvgIpc) is 3.05. The summed E-state index contributed by atoms with van der Waals surface area (Å²) in [6.07, 6.45) is 1.85. The number of carbonyl (C=O) groups excluding carboxylic acids is 4. The molecule has 2 aromatic rings. The quantitative estimate of drug-likeness (QED) is 0.427. The molecule has 0 aliphatic carbocycles. The molecular formula is C24H29NO6. The van der Waals surface area contributed by atoms with Gasteiger partial charge >= 0.3 is 11.9 Å². The Balaban J connectivity index is 1.91. The lowest BCUT2D eigenvalue weighted by Crippen LogP contribution is -2.18. The van der Waals surface area contributed by atoms with Crippen LogP contribution in [0.2, 0.25) is 0 Å². The summed E-state index contributed by atoms with van der Waals surface area (Å²) in [7, 11) is 0. The van der Waals surface area contributed by atoms with Gasteiger partial charge < -0.3 is 14.5 Å². The zero-order chi connectivity index (χ0) is 23.0. The lowest BCUT2D eigenvalue weighted by atomic mass is 10.0. The highest BCUT2D eigenvalue weighted by Crippen LogP contribution is 2.20. The van der Waals surface area contributed by atoms with Gasteiger partial charge in [0.25, 0.3) is 0 Å². The van der Waals surface area contributed by atoms with E-state index >= 15 is 0 Å². The Labute approximate surface area is 182 Å². The number of benzene rings is 1. The maximum Gasteiger partial charge on any atom is 0.340 e. The van der Waals surface area contributed by atoms with Crippen molar-refractivity contribution in [3.63, 3.8) is 0 Å². The molecule has 0 saturated heterocycles. The number of aryl methyl sites for hydroxylation is 3. The smallest absolute Gasteiger partial charge is 0.340 e. The number of esters is 2. The molecule has 0 amide bonds. The highest BCUT2D eigenvalue weighted by atomic mass is 16.5. The van der Waals surface area contributed by atoms with Crippen LogP contribution in [0.1, 0.15) is 81.1 Å². The fraction of sp³-hybridized carbons (Fsp3) is 0.417. The molecule has 0 aliphatic heterocycles. The number of hydrogen-bond acceptors (Lipinski definition) is 6. The van der Waals surface area contributed by atoms with Gasteiger partial charge in [0, 0.05) is 23.4 Å². The SMILES string of the molecule is CCCc1ccc(C(=O)CCC(=O)OCC(=O)c2c(C)[nH]c(C)c2C(=O)OCC)cc1. The molecule has 7 nitrogen and oxygen atoms in total. The standard InChI is InChI=1S/C24H29NO6/c1-5-7-17-8-10-18(11-9-17)19(26)12-13-21(28)31-14-20(27)22-15(3)25-16(4)23(22)24(29)30-6-2/h8-11,25H,5-7,12-14H2,1-4H3. The summed E-state index contributed by atoms with van der Waals surface area (Å²) in [5.41, 5.74) is 3.04. The molecule has 2 rings (SSSR count). The van der Waals surface area contributed by atoms with Gasteiger partial charge in [-0.25, -0.2) is 4.79 Å². The maximum atomic E-state index is 12.6. The average molecular weight is 427 g/mol. The van der Waals surface area contributed by atoms with E-state index in [4.69, 9.17) is 9.47 Å². The summed E-state index contributed by atoms with van der Waals surface area (Å²) in [6.45, 7) is 6.77. The van der Waals surface area contributed by atoms with E-state index in [1.807, 2.05) is 12.1 Å². The van der Waals surface area contributed by atoms with E-state index in [-0.39, 0.29) is 36.4 Å². The molecule has 0 atom stereocenters. The summed E-state index contributed by atoms with van der Waals surface area (Å²) in [4.78, 5) is 52.0. The minimum Gasteiger partial charge on any atom is -0.462 e. The van der Waals surface area contributed by atoms with E-state index in [0.717, 1.165) is 18.4 Å². The Morgan fingerprint density at radius 1 is 0.839 bits per heavy atom. The van der Waals surface area contributed by atoms with Gasteiger partial charge in [-0.3, -0.25) is 14.4 Å². The normalized spacial score (nSPS) is 10.6. The van der Waals surface area contributed by atoms with E-state index < -0.39 is 24.3 Å². The van der Waals surface area contributed by atoms with E-state index in [1.54, 1.807) is 32.9 Å². The van der Waals surface area contributed by atoms with Crippen LogP contribution >= 0.6 is 0 Å². The predicted molar refractivity (Wildman–Crippen MR) is 116 cm³/mol. The first-order valence-electron chi connectivity index (χ1n) is 10.5. The van der Waals surface area contributed by atoms with E-state index in [9.17, 15) is 19.2 Å². The fourth-order valence-electron chi connectivity index (χ4n) is 3.38. The Morgan fingerprint density at radius 2 is 1.48 bits per heavy atom. The Morgan fingerprint density at radius 3 is 2.10 bits per heavy atom. The largest absolute Gasteiger partial charge is 0.462 e. The minimum absolute atomic E-state index is 0.00346. The van der Waals surface area contributed by atoms with Crippen LogP contribution in [0.3, 0.4) is 0 Å². The van der Waals surface area contributed by atoms with Crippen molar-refractivity contribution in [1.82, 2.24) is 4.98 Å². The second-order valence-corrected chi connectivity index (χ2v) is 7.30. The Hall–Kier alpha value is -3.22. The molecule has 1 aromatic carbocycles. The van der Waals surface area contributed by atoms with Gasteiger partial charge in [-0.1, -0.05) is 37.6 Å².